The van der Waals surface area contributed by atoms with E-state index in [-0.39, 0.29) is 16.7 Å². The Hall–Kier alpha value is -0.910. The minimum atomic E-state index is -0.675. The lowest BCUT2D eigenvalue weighted by atomic mass is 9.82. The molecule has 0 aromatic carbocycles. The van der Waals surface area contributed by atoms with Gasteiger partial charge in [0.15, 0.2) is 0 Å². The monoisotopic (exact) mass is 314 g/mol. The fourth-order valence-corrected chi connectivity index (χ4v) is 4.26. The summed E-state index contributed by atoms with van der Waals surface area (Å²) in [7, 11) is 0. The summed E-state index contributed by atoms with van der Waals surface area (Å²) in [6, 6.07) is 0.0312. The second-order valence-electron chi connectivity index (χ2n) is 6.77. The Bertz CT molecular complexity index is 392. The smallest absolute Gasteiger partial charge is 0.317 e. The summed E-state index contributed by atoms with van der Waals surface area (Å²) in [6.07, 6.45) is 3.28. The second kappa shape index (κ2) is 6.90. The molecule has 6 heteroatoms. The predicted octanol–water partition coefficient (Wildman–Crippen LogP) is 2.41. The van der Waals surface area contributed by atoms with Gasteiger partial charge in [0.05, 0.1) is 5.92 Å². The van der Waals surface area contributed by atoms with Gasteiger partial charge in [0.2, 0.25) is 0 Å². The predicted molar refractivity (Wildman–Crippen MR) is 84.6 cm³/mol. The topological polar surface area (TPSA) is 69.6 Å². The van der Waals surface area contributed by atoms with E-state index in [1.54, 1.807) is 0 Å². The number of hydrogen-bond acceptors (Lipinski definition) is 3. The fraction of sp³-hybridized carbons (Fsp3) is 0.867. The second-order valence-corrected chi connectivity index (χ2v) is 8.57. The van der Waals surface area contributed by atoms with Crippen LogP contribution in [0.4, 0.5) is 4.79 Å². The average Bonchev–Trinajstić information content (AvgIpc) is 2.44. The maximum absolute atomic E-state index is 12.2. The van der Waals surface area contributed by atoms with Crippen molar-refractivity contribution in [1.82, 2.24) is 10.2 Å². The molecule has 1 saturated carbocycles. The van der Waals surface area contributed by atoms with E-state index in [1.807, 2.05) is 16.7 Å². The first-order chi connectivity index (χ1) is 9.87. The molecule has 1 aliphatic heterocycles. The average molecular weight is 314 g/mol. The van der Waals surface area contributed by atoms with Gasteiger partial charge >= 0.3 is 12.0 Å². The molecular formula is C15H26N2O3S. The van der Waals surface area contributed by atoms with Crippen molar-refractivity contribution in [2.45, 2.75) is 44.3 Å². The molecule has 1 heterocycles. The van der Waals surface area contributed by atoms with E-state index in [1.165, 1.54) is 0 Å². The Kier molecular flexibility index (Phi) is 5.41. The summed E-state index contributed by atoms with van der Waals surface area (Å²) >= 11 is 1.91. The minimum absolute atomic E-state index is 0.0312. The number of nitrogens with zero attached hydrogens (tertiary/aromatic N) is 1. The fourth-order valence-electron chi connectivity index (χ4n) is 3.15. The zero-order valence-electron chi connectivity index (χ0n) is 12.9. The molecule has 1 saturated heterocycles. The first kappa shape index (κ1) is 16.5. The van der Waals surface area contributed by atoms with Crippen molar-refractivity contribution in [1.29, 1.82) is 0 Å². The summed E-state index contributed by atoms with van der Waals surface area (Å²) in [4.78, 5) is 25.0. The van der Waals surface area contributed by atoms with E-state index < -0.39 is 5.97 Å². The number of hydrogen-bond donors (Lipinski definition) is 2. The van der Waals surface area contributed by atoms with Crippen LogP contribution in [-0.4, -0.2) is 52.1 Å². The quantitative estimate of drug-likeness (QED) is 0.839. The van der Waals surface area contributed by atoms with Gasteiger partial charge in [-0.3, -0.25) is 4.79 Å². The van der Waals surface area contributed by atoms with Gasteiger partial charge in [0.1, 0.15) is 0 Å². The molecule has 0 bridgehead atoms. The third-order valence-electron chi connectivity index (χ3n) is 4.45. The van der Waals surface area contributed by atoms with Gasteiger partial charge in [-0.05, 0) is 45.4 Å². The largest absolute Gasteiger partial charge is 0.481 e. The maximum Gasteiger partial charge on any atom is 0.317 e. The standard InChI is InChI=1S/C15H26N2O3S/c1-15(2)10-17(7-8-21-15)14(20)16-9-11-3-5-12(6-4-11)13(18)19/h11-12H,3-10H2,1-2H3,(H,16,20)(H,18,19). The Morgan fingerprint density at radius 1 is 1.29 bits per heavy atom. The number of carboxylic acids is 1. The number of amides is 2. The number of nitrogens with one attached hydrogen (secondary N) is 1. The normalized spacial score (nSPS) is 29.0. The molecule has 21 heavy (non-hydrogen) atoms. The molecule has 2 amide bonds. The summed E-state index contributed by atoms with van der Waals surface area (Å²) in [5.74, 6) is 0.559. The number of aliphatic carboxylic acids is 1. The van der Waals surface area contributed by atoms with Gasteiger partial charge in [0.25, 0.3) is 0 Å². The number of thioether (sulfide) groups is 1. The van der Waals surface area contributed by atoms with Crippen LogP contribution in [-0.2, 0) is 4.79 Å². The molecule has 0 aromatic heterocycles. The van der Waals surface area contributed by atoms with Crippen molar-refractivity contribution >= 4 is 23.8 Å². The summed E-state index contributed by atoms with van der Waals surface area (Å²) < 4.78 is 0.134. The molecule has 2 fully saturated rings. The highest BCUT2D eigenvalue weighted by Gasteiger charge is 2.30. The maximum atomic E-state index is 12.2. The van der Waals surface area contributed by atoms with E-state index in [4.69, 9.17) is 5.11 Å². The summed E-state index contributed by atoms with van der Waals surface area (Å²) in [5.41, 5.74) is 0. The number of urea groups is 1. The van der Waals surface area contributed by atoms with E-state index >= 15 is 0 Å². The minimum Gasteiger partial charge on any atom is -0.481 e. The summed E-state index contributed by atoms with van der Waals surface area (Å²) in [5, 5.41) is 12.0. The van der Waals surface area contributed by atoms with Gasteiger partial charge < -0.3 is 15.3 Å². The van der Waals surface area contributed by atoms with Crippen LogP contribution < -0.4 is 5.32 Å². The van der Waals surface area contributed by atoms with Crippen molar-refractivity contribution in [3.05, 3.63) is 0 Å². The third kappa shape index (κ3) is 4.80. The molecule has 2 N–H and O–H groups in total. The van der Waals surface area contributed by atoms with E-state index in [9.17, 15) is 9.59 Å². The van der Waals surface area contributed by atoms with Crippen molar-refractivity contribution in [3.63, 3.8) is 0 Å². The Morgan fingerprint density at radius 2 is 1.95 bits per heavy atom. The summed E-state index contributed by atoms with van der Waals surface area (Å²) in [6.45, 7) is 6.62. The Labute approximate surface area is 130 Å². The third-order valence-corrected chi connectivity index (χ3v) is 5.75. The van der Waals surface area contributed by atoms with Gasteiger partial charge in [-0.15, -0.1) is 0 Å². The zero-order valence-corrected chi connectivity index (χ0v) is 13.7. The molecule has 2 rings (SSSR count). The lowest BCUT2D eigenvalue weighted by molar-refractivity contribution is -0.143. The molecule has 120 valence electrons. The van der Waals surface area contributed by atoms with Crippen molar-refractivity contribution < 1.29 is 14.7 Å². The molecule has 2 aliphatic rings. The molecule has 0 spiro atoms. The Morgan fingerprint density at radius 3 is 2.52 bits per heavy atom. The zero-order chi connectivity index (χ0) is 15.5. The van der Waals surface area contributed by atoms with Crippen LogP contribution in [0.5, 0.6) is 0 Å². The molecule has 5 nitrogen and oxygen atoms in total. The van der Waals surface area contributed by atoms with Crippen LogP contribution in [0.25, 0.3) is 0 Å². The SMILES string of the molecule is CC1(C)CN(C(=O)NCC2CCC(C(=O)O)CC2)CCS1. The lowest BCUT2D eigenvalue weighted by Crippen LogP contribution is -2.50. The van der Waals surface area contributed by atoms with Gasteiger partial charge in [-0.1, -0.05) is 0 Å². The van der Waals surface area contributed by atoms with E-state index in [0.29, 0.717) is 12.5 Å². The van der Waals surface area contributed by atoms with Gasteiger partial charge in [-0.2, -0.15) is 11.8 Å². The van der Waals surface area contributed by atoms with Crippen LogP contribution in [0.15, 0.2) is 0 Å². The van der Waals surface area contributed by atoms with Crippen molar-refractivity contribution in [3.8, 4) is 0 Å². The lowest BCUT2D eigenvalue weighted by Gasteiger charge is -2.37. The highest BCUT2D eigenvalue weighted by Crippen LogP contribution is 2.30. The molecule has 1 aliphatic carbocycles. The van der Waals surface area contributed by atoms with Gasteiger partial charge in [-0.25, -0.2) is 4.79 Å². The Balaban J connectivity index is 1.71. The molecule has 0 atom stereocenters. The van der Waals surface area contributed by atoms with Crippen LogP contribution >= 0.6 is 11.8 Å². The van der Waals surface area contributed by atoms with Gasteiger partial charge in [0, 0.05) is 30.1 Å². The highest BCUT2D eigenvalue weighted by atomic mass is 32.2. The molecule has 0 unspecified atom stereocenters. The molecular weight excluding hydrogens is 288 g/mol. The van der Waals surface area contributed by atoms with Crippen LogP contribution in [0.1, 0.15) is 39.5 Å². The van der Waals surface area contributed by atoms with Crippen LogP contribution in [0, 0.1) is 11.8 Å². The first-order valence-corrected chi connectivity index (χ1v) is 8.75. The number of carbonyl (C=O) groups is 2. The van der Waals surface area contributed by atoms with Crippen LogP contribution in [0.3, 0.4) is 0 Å². The molecule has 0 radical (unpaired) electrons. The van der Waals surface area contributed by atoms with Crippen molar-refractivity contribution in [2.75, 3.05) is 25.4 Å². The number of rotatable bonds is 3. The first-order valence-electron chi connectivity index (χ1n) is 7.77. The van der Waals surface area contributed by atoms with Crippen LogP contribution in [0.2, 0.25) is 0 Å². The highest BCUT2D eigenvalue weighted by molar-refractivity contribution is 8.00. The molecule has 0 aromatic rings. The van der Waals surface area contributed by atoms with E-state index in [2.05, 4.69) is 19.2 Å². The number of carbonyl (C=O) groups excluding carboxylic acids is 1. The number of carboxylic acid groups (broad SMARTS) is 1. The van der Waals surface area contributed by atoms with Crippen molar-refractivity contribution in [2.24, 2.45) is 11.8 Å². The van der Waals surface area contributed by atoms with E-state index in [0.717, 1.165) is 44.5 Å².